The van der Waals surface area contributed by atoms with Crippen LogP contribution in [0, 0.1) is 5.82 Å². The first-order valence-electron chi connectivity index (χ1n) is 9.08. The average molecular weight is 481 g/mol. The van der Waals surface area contributed by atoms with Crippen molar-refractivity contribution < 1.29 is 46.6 Å². The molecule has 15 heteroatoms. The zero-order chi connectivity index (χ0) is 23.3. The largest absolute Gasteiger partial charge is 0.619 e. The Morgan fingerprint density at radius 3 is 2.75 bits per heavy atom. The fourth-order valence-electron chi connectivity index (χ4n) is 3.30. The molecule has 5 atom stereocenters. The maximum atomic E-state index is 14.0. The number of hydrogen-bond acceptors (Lipinski definition) is 9. The Hall–Kier alpha value is -2.32. The van der Waals surface area contributed by atoms with Gasteiger partial charge >= 0.3 is 13.9 Å². The van der Waals surface area contributed by atoms with Gasteiger partial charge in [0, 0.05) is 5.56 Å². The van der Waals surface area contributed by atoms with E-state index in [2.05, 4.69) is 0 Å². The lowest BCUT2D eigenvalue weighted by Crippen LogP contribution is -2.52. The summed E-state index contributed by atoms with van der Waals surface area (Å²) >= 11 is 0. The third kappa shape index (κ3) is 3.83. The van der Waals surface area contributed by atoms with Crippen LogP contribution in [-0.4, -0.2) is 55.5 Å². The lowest BCUT2D eigenvalue weighted by Gasteiger charge is -2.31. The molecule has 2 aliphatic rings. The molecule has 1 fully saturated rings. The van der Waals surface area contributed by atoms with E-state index in [0.717, 1.165) is 0 Å². The summed E-state index contributed by atoms with van der Waals surface area (Å²) in [5.41, 5.74) is -5.05. The van der Waals surface area contributed by atoms with Crippen LogP contribution in [0.5, 0.6) is 5.75 Å². The summed E-state index contributed by atoms with van der Waals surface area (Å²) in [5.74, 6) is -1.26. The van der Waals surface area contributed by atoms with Crippen LogP contribution in [0.4, 0.5) is 13.2 Å². The Morgan fingerprint density at radius 1 is 1.31 bits per heavy atom. The normalized spacial score (nSPS) is 32.0. The highest BCUT2D eigenvalue weighted by Gasteiger charge is 2.64. The van der Waals surface area contributed by atoms with Crippen LogP contribution < -0.4 is 15.8 Å². The van der Waals surface area contributed by atoms with Gasteiger partial charge in [-0.1, -0.05) is 18.2 Å². The fourth-order valence-corrected chi connectivity index (χ4v) is 4.58. The number of aromatic amines is 1. The van der Waals surface area contributed by atoms with Crippen LogP contribution in [0.15, 0.2) is 40.1 Å². The van der Waals surface area contributed by atoms with Gasteiger partial charge in [-0.2, -0.15) is 9.28 Å². The van der Waals surface area contributed by atoms with Crippen LogP contribution in [0.2, 0.25) is 0 Å². The molecular formula is C17H17F3N2O9P+. The lowest BCUT2D eigenvalue weighted by atomic mass is 9.96. The number of rotatable bonds is 5. The molecule has 0 amide bonds. The number of para-hydroxylation sites is 1. The number of aliphatic hydroxyl groups is 2. The van der Waals surface area contributed by atoms with Crippen molar-refractivity contribution in [2.45, 2.75) is 37.1 Å². The van der Waals surface area contributed by atoms with Crippen LogP contribution in [0.3, 0.4) is 0 Å². The van der Waals surface area contributed by atoms with Gasteiger partial charge in [0.1, 0.15) is 25.4 Å². The maximum Gasteiger partial charge on any atom is 0.619 e. The van der Waals surface area contributed by atoms with E-state index in [4.69, 9.17) is 18.3 Å². The maximum absolute atomic E-state index is 14.0. The van der Waals surface area contributed by atoms with Gasteiger partial charge in [-0.15, -0.1) is 9.05 Å². The highest BCUT2D eigenvalue weighted by atomic mass is 31.2. The molecule has 1 saturated heterocycles. The van der Waals surface area contributed by atoms with E-state index < -0.39 is 62.3 Å². The van der Waals surface area contributed by atoms with Crippen LogP contribution >= 0.6 is 8.17 Å². The number of benzene rings is 1. The number of H-pyrrole nitrogens is 1. The second-order valence-electron chi connectivity index (χ2n) is 7.06. The Labute approximate surface area is 177 Å². The molecule has 0 radical (unpaired) electrons. The van der Waals surface area contributed by atoms with Crippen molar-refractivity contribution in [3.8, 4) is 5.75 Å². The average Bonchev–Trinajstić information content (AvgIpc) is 3.01. The Balaban J connectivity index is 1.59. The predicted molar refractivity (Wildman–Crippen MR) is 99.1 cm³/mol. The van der Waals surface area contributed by atoms with E-state index in [-0.39, 0.29) is 12.4 Å². The van der Waals surface area contributed by atoms with E-state index >= 15 is 0 Å². The summed E-state index contributed by atoms with van der Waals surface area (Å²) in [6.07, 6.45) is -9.68. The van der Waals surface area contributed by atoms with Crippen molar-refractivity contribution in [3.63, 3.8) is 0 Å². The molecule has 0 spiro atoms. The number of hydrogen-bond donors (Lipinski definition) is 4. The molecule has 4 N–H and O–H groups in total. The van der Waals surface area contributed by atoms with Crippen molar-refractivity contribution in [1.82, 2.24) is 9.55 Å². The van der Waals surface area contributed by atoms with Gasteiger partial charge in [0.25, 0.3) is 12.0 Å². The number of ether oxygens (including phenoxy) is 1. The first-order valence-corrected chi connectivity index (χ1v) is 10.6. The van der Waals surface area contributed by atoms with Crippen molar-refractivity contribution in [1.29, 1.82) is 0 Å². The lowest BCUT2D eigenvalue weighted by molar-refractivity contribution is -0.195. The summed E-state index contributed by atoms with van der Waals surface area (Å²) in [6.45, 7) is -1.38. The van der Waals surface area contributed by atoms with Crippen molar-refractivity contribution in [2.24, 2.45) is 0 Å². The van der Waals surface area contributed by atoms with Gasteiger partial charge in [0.15, 0.2) is 17.6 Å². The molecule has 11 nitrogen and oxygen atoms in total. The highest BCUT2D eigenvalue weighted by molar-refractivity contribution is 7.55. The number of fused-ring (bicyclic) bond motifs is 1. The van der Waals surface area contributed by atoms with Gasteiger partial charge in [-0.25, -0.2) is 13.6 Å². The highest BCUT2D eigenvalue weighted by Crippen LogP contribution is 2.62. The molecule has 0 aliphatic carbocycles. The van der Waals surface area contributed by atoms with E-state index in [0.29, 0.717) is 16.3 Å². The van der Waals surface area contributed by atoms with Gasteiger partial charge < -0.3 is 14.9 Å². The zero-order valence-electron chi connectivity index (χ0n) is 15.9. The van der Waals surface area contributed by atoms with Gasteiger partial charge in [0.05, 0.1) is 6.20 Å². The van der Waals surface area contributed by atoms with E-state index in [1.165, 1.54) is 6.07 Å². The Bertz CT molecular complexity index is 1130. The summed E-state index contributed by atoms with van der Waals surface area (Å²) in [7, 11) is -4.17. The van der Waals surface area contributed by atoms with E-state index in [1.54, 1.807) is 23.2 Å². The number of nitrogens with one attached hydrogen (secondary N) is 1. The van der Waals surface area contributed by atoms with E-state index in [9.17, 15) is 37.9 Å². The molecule has 3 heterocycles. The fraction of sp³-hybridized carbons (Fsp3) is 0.412. The minimum atomic E-state index is -4.17. The van der Waals surface area contributed by atoms with Crippen LogP contribution in [0.25, 0.3) is 0 Å². The summed E-state index contributed by atoms with van der Waals surface area (Å²) < 4.78 is 62.5. The summed E-state index contributed by atoms with van der Waals surface area (Å²) in [5, 5.41) is 20.6. The third-order valence-electron chi connectivity index (χ3n) is 5.05. The monoisotopic (exact) mass is 481 g/mol. The van der Waals surface area contributed by atoms with Gasteiger partial charge in [-0.05, 0) is 6.07 Å². The molecule has 4 rings (SSSR count). The summed E-state index contributed by atoms with van der Waals surface area (Å²) in [6, 6.07) is 6.42. The molecular weight excluding hydrogens is 464 g/mol. The minimum absolute atomic E-state index is 0.150. The topological polar surface area (TPSA) is 152 Å². The van der Waals surface area contributed by atoms with Gasteiger partial charge in [-0.3, -0.25) is 18.9 Å². The third-order valence-corrected chi connectivity index (χ3v) is 6.39. The van der Waals surface area contributed by atoms with Crippen molar-refractivity contribution >= 4 is 8.17 Å². The molecule has 2 aromatic rings. The molecule has 1 aromatic heterocycles. The molecule has 0 bridgehead atoms. The van der Waals surface area contributed by atoms with Crippen LogP contribution in [-0.2, 0) is 20.4 Å². The minimum Gasteiger partial charge on any atom is -0.387 e. The molecule has 32 heavy (non-hydrogen) atoms. The first kappa shape index (κ1) is 22.9. The number of nitrogens with zero attached hydrogens (tertiary/aromatic N) is 1. The summed E-state index contributed by atoms with van der Waals surface area (Å²) in [4.78, 5) is 35.2. The standard InChI is InChI=1S/C17H16F3N2O9P/c18-9-5-22(16(26)21-13(9)25)14-11(23)12(24)17(30-14,15(19)20)7-29-32(27)28-6-8-3-1-2-4-10(8)31-32/h1-5,11-12,14-15,23-24,27H,6-7H2/p+1/t11-,12+,14-,17-,32?/m1/s1. The molecule has 174 valence electrons. The Morgan fingerprint density at radius 2 is 2.03 bits per heavy atom. The number of aliphatic hydroxyl groups excluding tert-OH is 2. The molecule has 1 aromatic carbocycles. The van der Waals surface area contributed by atoms with Gasteiger partial charge in [0.2, 0.25) is 5.82 Å². The molecule has 1 unspecified atom stereocenters. The SMILES string of the molecule is O=c1[nH]c(=O)n([C@@H]2O[C@@](CO[P+]3(O)OCc4ccccc4O3)(C(F)F)[C@@H](O)[C@H]2O)cc1F. The number of aromatic nitrogens is 2. The van der Waals surface area contributed by atoms with Crippen LogP contribution in [0.1, 0.15) is 11.8 Å². The first-order chi connectivity index (χ1) is 15.1. The molecule has 0 saturated carbocycles. The van der Waals surface area contributed by atoms with E-state index in [1.807, 2.05) is 0 Å². The second kappa shape index (κ2) is 8.23. The number of halogens is 3. The van der Waals surface area contributed by atoms with Crippen molar-refractivity contribution in [2.75, 3.05) is 6.61 Å². The molecule has 2 aliphatic heterocycles. The second-order valence-corrected chi connectivity index (χ2v) is 8.69. The smallest absolute Gasteiger partial charge is 0.387 e. The number of alkyl halides is 2. The van der Waals surface area contributed by atoms with Crippen molar-refractivity contribution in [3.05, 3.63) is 62.7 Å². The quantitative estimate of drug-likeness (QED) is 0.440. The Kier molecular flexibility index (Phi) is 5.88. The zero-order valence-corrected chi connectivity index (χ0v) is 16.8. The predicted octanol–water partition coefficient (Wildman–Crippen LogP) is 0.226.